The molecule has 1 N–H and O–H groups in total. The second kappa shape index (κ2) is 5.66. The molecule has 26 heavy (non-hydrogen) atoms. The van der Waals surface area contributed by atoms with Gasteiger partial charge in [-0.15, -0.1) is 0 Å². The highest BCUT2D eigenvalue weighted by molar-refractivity contribution is 6.05. The molecule has 1 aromatic carbocycles. The second-order valence-electron chi connectivity index (χ2n) is 9.15. The number of imide groups is 1. The summed E-state index contributed by atoms with van der Waals surface area (Å²) < 4.78 is 0. The summed E-state index contributed by atoms with van der Waals surface area (Å²) in [6.07, 6.45) is 1.40. The number of amides is 3. The maximum absolute atomic E-state index is 13.2. The summed E-state index contributed by atoms with van der Waals surface area (Å²) in [5.74, 6) is -0.468. The Balaban J connectivity index is 1.95. The topological polar surface area (TPSA) is 66.5 Å². The molecule has 3 amide bonds. The molecule has 2 atom stereocenters. The van der Waals surface area contributed by atoms with Crippen LogP contribution in [0.4, 0.5) is 5.69 Å². The highest BCUT2D eigenvalue weighted by atomic mass is 16.2. The first-order valence-corrected chi connectivity index (χ1v) is 9.12. The van der Waals surface area contributed by atoms with Crippen LogP contribution in [-0.4, -0.2) is 29.7 Å². The number of benzene rings is 1. The molecule has 2 bridgehead atoms. The summed E-state index contributed by atoms with van der Waals surface area (Å²) in [7, 11) is 1.55. The van der Waals surface area contributed by atoms with Crippen LogP contribution in [0.25, 0.3) is 0 Å². The summed E-state index contributed by atoms with van der Waals surface area (Å²) in [5.41, 5.74) is 0.699. The molecule has 1 saturated carbocycles. The van der Waals surface area contributed by atoms with Crippen molar-refractivity contribution in [1.29, 1.82) is 0 Å². The van der Waals surface area contributed by atoms with Crippen LogP contribution in [0.5, 0.6) is 0 Å². The van der Waals surface area contributed by atoms with E-state index in [1.54, 1.807) is 7.05 Å². The van der Waals surface area contributed by atoms with Gasteiger partial charge in [0.1, 0.15) is 0 Å². The van der Waals surface area contributed by atoms with Crippen LogP contribution in [0.1, 0.15) is 51.2 Å². The van der Waals surface area contributed by atoms with Crippen molar-refractivity contribution in [2.24, 2.45) is 16.2 Å². The van der Waals surface area contributed by atoms with E-state index in [0.29, 0.717) is 19.3 Å². The standard InChI is InChI=1S/C21H28N2O3/c1-13-7-8-14(2)15(9-13)22-16(24)19(3)10-20(4)12-21(5,11-19)18(26)23(6)17(20)25/h7-9H,10-12H2,1-6H3,(H,22,24). The van der Waals surface area contributed by atoms with Crippen LogP contribution >= 0.6 is 0 Å². The molecular formula is C21H28N2O3. The van der Waals surface area contributed by atoms with E-state index in [0.717, 1.165) is 16.8 Å². The van der Waals surface area contributed by atoms with E-state index in [1.807, 2.05) is 52.8 Å². The molecule has 0 aromatic heterocycles. The quantitative estimate of drug-likeness (QED) is 0.826. The van der Waals surface area contributed by atoms with E-state index in [2.05, 4.69) is 5.32 Å². The van der Waals surface area contributed by atoms with Gasteiger partial charge in [-0.2, -0.15) is 0 Å². The maximum Gasteiger partial charge on any atom is 0.234 e. The van der Waals surface area contributed by atoms with Gasteiger partial charge in [0, 0.05) is 29.0 Å². The normalized spacial score (nSPS) is 34.0. The zero-order valence-corrected chi connectivity index (χ0v) is 16.5. The third-order valence-corrected chi connectivity index (χ3v) is 6.17. The van der Waals surface area contributed by atoms with Gasteiger partial charge in [-0.25, -0.2) is 0 Å². The number of nitrogens with zero attached hydrogens (tertiary/aromatic N) is 1. The van der Waals surface area contributed by atoms with Crippen LogP contribution in [0.3, 0.4) is 0 Å². The second-order valence-corrected chi connectivity index (χ2v) is 9.15. The third-order valence-electron chi connectivity index (χ3n) is 6.17. The molecule has 1 aliphatic carbocycles. The molecule has 2 fully saturated rings. The van der Waals surface area contributed by atoms with Gasteiger partial charge in [-0.05, 0) is 50.3 Å². The minimum atomic E-state index is -0.773. The Hall–Kier alpha value is -2.17. The summed E-state index contributed by atoms with van der Waals surface area (Å²) in [6.45, 7) is 9.60. The monoisotopic (exact) mass is 356 g/mol. The minimum absolute atomic E-state index is 0.117. The van der Waals surface area contributed by atoms with Gasteiger partial charge in [-0.3, -0.25) is 19.3 Å². The average molecular weight is 356 g/mol. The molecule has 1 saturated heterocycles. The van der Waals surface area contributed by atoms with Crippen LogP contribution in [0, 0.1) is 30.1 Å². The van der Waals surface area contributed by atoms with E-state index in [1.165, 1.54) is 4.90 Å². The van der Waals surface area contributed by atoms with Gasteiger partial charge in [0.05, 0.1) is 0 Å². The minimum Gasteiger partial charge on any atom is -0.325 e. The smallest absolute Gasteiger partial charge is 0.234 e. The highest BCUT2D eigenvalue weighted by Crippen LogP contribution is 2.58. The fourth-order valence-corrected chi connectivity index (χ4v) is 5.28. The number of anilines is 1. The zero-order chi connectivity index (χ0) is 19.5. The van der Waals surface area contributed by atoms with Crippen molar-refractivity contribution in [2.75, 3.05) is 12.4 Å². The van der Waals surface area contributed by atoms with Crippen LogP contribution in [0.2, 0.25) is 0 Å². The molecule has 3 rings (SSSR count). The molecule has 5 nitrogen and oxygen atoms in total. The lowest BCUT2D eigenvalue weighted by Gasteiger charge is -2.55. The molecule has 0 radical (unpaired) electrons. The van der Waals surface area contributed by atoms with Crippen molar-refractivity contribution in [1.82, 2.24) is 4.90 Å². The number of nitrogens with one attached hydrogen (secondary N) is 1. The van der Waals surface area contributed by atoms with Crippen molar-refractivity contribution in [2.45, 2.75) is 53.9 Å². The van der Waals surface area contributed by atoms with Gasteiger partial charge < -0.3 is 5.32 Å². The lowest BCUT2D eigenvalue weighted by Crippen LogP contribution is -2.63. The highest BCUT2D eigenvalue weighted by Gasteiger charge is 2.62. The van der Waals surface area contributed by atoms with Gasteiger partial charge in [-0.1, -0.05) is 32.9 Å². The first kappa shape index (κ1) is 18.6. The van der Waals surface area contributed by atoms with Crippen LogP contribution in [-0.2, 0) is 14.4 Å². The average Bonchev–Trinajstić information content (AvgIpc) is 2.54. The molecule has 0 spiro atoms. The molecule has 140 valence electrons. The molecular weight excluding hydrogens is 328 g/mol. The van der Waals surface area contributed by atoms with Gasteiger partial charge in [0.2, 0.25) is 17.7 Å². The number of hydrogen-bond donors (Lipinski definition) is 1. The maximum atomic E-state index is 13.2. The number of hydrogen-bond acceptors (Lipinski definition) is 3. The molecule has 5 heteroatoms. The molecule has 1 aliphatic heterocycles. The Kier molecular flexibility index (Phi) is 4.05. The summed E-state index contributed by atoms with van der Waals surface area (Å²) in [6, 6.07) is 5.94. The SMILES string of the molecule is Cc1ccc(C)c(NC(=O)C2(C)CC3(C)CC(C)(C2)C(=O)N(C)C3=O)c1. The number of likely N-dealkylation sites (tertiary alicyclic amines) is 1. The lowest BCUT2D eigenvalue weighted by atomic mass is 9.51. The lowest BCUT2D eigenvalue weighted by molar-refractivity contribution is -0.177. The predicted octanol–water partition coefficient (Wildman–Crippen LogP) is 3.44. The number of aryl methyl sites for hydroxylation is 2. The number of fused-ring (bicyclic) bond motifs is 2. The Labute approximate surface area is 155 Å². The number of piperidine rings is 1. The largest absolute Gasteiger partial charge is 0.325 e. The van der Waals surface area contributed by atoms with E-state index in [4.69, 9.17) is 0 Å². The van der Waals surface area contributed by atoms with E-state index >= 15 is 0 Å². The van der Waals surface area contributed by atoms with E-state index in [-0.39, 0.29) is 17.7 Å². The van der Waals surface area contributed by atoms with Crippen LogP contribution < -0.4 is 5.32 Å². The third kappa shape index (κ3) is 2.74. The predicted molar refractivity (Wildman–Crippen MR) is 100 cm³/mol. The summed E-state index contributed by atoms with van der Waals surface area (Å²) in [5, 5.41) is 3.05. The van der Waals surface area contributed by atoms with Gasteiger partial charge in [0.15, 0.2) is 0 Å². The Bertz CT molecular complexity index is 785. The molecule has 2 unspecified atom stereocenters. The van der Waals surface area contributed by atoms with Crippen molar-refractivity contribution in [3.05, 3.63) is 29.3 Å². The first-order chi connectivity index (χ1) is 11.9. The number of carbonyl (C=O) groups excluding carboxylic acids is 3. The van der Waals surface area contributed by atoms with Crippen molar-refractivity contribution >= 4 is 23.4 Å². The van der Waals surface area contributed by atoms with Crippen molar-refractivity contribution < 1.29 is 14.4 Å². The Morgan fingerprint density at radius 1 is 1.00 bits per heavy atom. The summed E-state index contributed by atoms with van der Waals surface area (Å²) >= 11 is 0. The molecule has 1 heterocycles. The summed E-state index contributed by atoms with van der Waals surface area (Å²) in [4.78, 5) is 40.0. The van der Waals surface area contributed by atoms with E-state index < -0.39 is 16.2 Å². The van der Waals surface area contributed by atoms with Gasteiger partial charge in [0.25, 0.3) is 0 Å². The Morgan fingerprint density at radius 3 is 2.08 bits per heavy atom. The zero-order valence-electron chi connectivity index (χ0n) is 16.5. The van der Waals surface area contributed by atoms with Crippen molar-refractivity contribution in [3.63, 3.8) is 0 Å². The van der Waals surface area contributed by atoms with Crippen LogP contribution in [0.15, 0.2) is 18.2 Å². The van der Waals surface area contributed by atoms with E-state index in [9.17, 15) is 14.4 Å². The van der Waals surface area contributed by atoms with Crippen molar-refractivity contribution in [3.8, 4) is 0 Å². The van der Waals surface area contributed by atoms with Gasteiger partial charge >= 0.3 is 0 Å². The Morgan fingerprint density at radius 2 is 1.54 bits per heavy atom. The number of carbonyl (C=O) groups is 3. The molecule has 1 aromatic rings. The molecule has 2 aliphatic rings. The fraction of sp³-hybridized carbons (Fsp3) is 0.571. The fourth-order valence-electron chi connectivity index (χ4n) is 5.28. The number of rotatable bonds is 2. The first-order valence-electron chi connectivity index (χ1n) is 9.12.